The molecule has 0 N–H and O–H groups in total. The maximum atomic E-state index is 10.1. The van der Waals surface area contributed by atoms with Crippen molar-refractivity contribution in [1.82, 2.24) is 9.55 Å². The van der Waals surface area contributed by atoms with Crippen molar-refractivity contribution in [2.45, 2.75) is 6.92 Å². The molecule has 160 valence electrons. The quantitative estimate of drug-likeness (QED) is 0.286. The zero-order valence-corrected chi connectivity index (χ0v) is 18.7. The number of hydrogen-bond acceptors (Lipinski definition) is 2. The van der Waals surface area contributed by atoms with E-state index < -0.39 is 0 Å². The average molecular weight is 436 g/mol. The summed E-state index contributed by atoms with van der Waals surface area (Å²) in [6.07, 6.45) is 3.54. The van der Waals surface area contributed by atoms with Gasteiger partial charge in [-0.3, -0.25) is 4.98 Å². The van der Waals surface area contributed by atoms with Gasteiger partial charge >= 0.3 is 0 Å². The minimum Gasteiger partial charge on any atom is -0.309 e. The molecule has 0 atom stereocenters. The van der Waals surface area contributed by atoms with Gasteiger partial charge in [-0.1, -0.05) is 60.2 Å². The fraction of sp³-hybridized carbons (Fsp3) is 0.0323. The number of nitriles is 1. The van der Waals surface area contributed by atoms with Crippen molar-refractivity contribution in [3.8, 4) is 34.0 Å². The predicted molar refractivity (Wildman–Crippen MR) is 139 cm³/mol. The van der Waals surface area contributed by atoms with Gasteiger partial charge in [-0.2, -0.15) is 5.26 Å². The van der Waals surface area contributed by atoms with Gasteiger partial charge in [-0.05, 0) is 60.5 Å². The van der Waals surface area contributed by atoms with Gasteiger partial charge in [0.2, 0.25) is 0 Å². The standard InChI is InChI=1S/C31H21N3/c1-21-11-12-30-28(17-21)25-9-5-6-10-29(25)34(30)31-19-26(23-13-15-33-16-14-23)24(20-32)18-27(31)22-7-3-2-4-8-22/h2-19H,1H3. The molecule has 34 heavy (non-hydrogen) atoms. The molecular weight excluding hydrogens is 414 g/mol. The summed E-state index contributed by atoms with van der Waals surface area (Å²) >= 11 is 0. The lowest BCUT2D eigenvalue weighted by atomic mass is 9.94. The first-order valence-corrected chi connectivity index (χ1v) is 11.3. The van der Waals surface area contributed by atoms with E-state index in [-0.39, 0.29) is 0 Å². The number of aryl methyl sites for hydroxylation is 1. The first-order chi connectivity index (χ1) is 16.7. The van der Waals surface area contributed by atoms with Crippen molar-refractivity contribution >= 4 is 21.8 Å². The van der Waals surface area contributed by atoms with E-state index in [1.165, 1.54) is 16.3 Å². The van der Waals surface area contributed by atoms with Crippen LogP contribution in [0.2, 0.25) is 0 Å². The Kier molecular flexibility index (Phi) is 4.71. The van der Waals surface area contributed by atoms with E-state index in [0.717, 1.165) is 39.0 Å². The Labute approximate surface area is 198 Å². The van der Waals surface area contributed by atoms with Crippen molar-refractivity contribution in [2.24, 2.45) is 0 Å². The monoisotopic (exact) mass is 435 g/mol. The SMILES string of the molecule is Cc1ccc2c(c1)c1ccccc1n2-c1cc(-c2ccncc2)c(C#N)cc1-c1ccccc1. The van der Waals surface area contributed by atoms with E-state index in [2.05, 4.69) is 83.2 Å². The first kappa shape index (κ1) is 20.0. The molecule has 4 aromatic carbocycles. The molecule has 0 aliphatic rings. The van der Waals surface area contributed by atoms with Gasteiger partial charge in [0.15, 0.2) is 0 Å². The van der Waals surface area contributed by atoms with E-state index >= 15 is 0 Å². The largest absolute Gasteiger partial charge is 0.309 e. The summed E-state index contributed by atoms with van der Waals surface area (Å²) in [5.41, 5.74) is 9.20. The third kappa shape index (κ3) is 3.17. The molecule has 0 aliphatic heterocycles. The summed E-state index contributed by atoms with van der Waals surface area (Å²) in [5, 5.41) is 12.5. The Hall–Kier alpha value is -4.68. The molecule has 2 aromatic heterocycles. The number of nitrogens with zero attached hydrogens (tertiary/aromatic N) is 3. The minimum absolute atomic E-state index is 0.644. The van der Waals surface area contributed by atoms with Crippen LogP contribution < -0.4 is 0 Å². The fourth-order valence-corrected chi connectivity index (χ4v) is 4.83. The number of fused-ring (bicyclic) bond motifs is 3. The molecule has 6 rings (SSSR count). The maximum absolute atomic E-state index is 10.1. The van der Waals surface area contributed by atoms with Crippen molar-refractivity contribution in [3.05, 3.63) is 121 Å². The van der Waals surface area contributed by atoms with Crippen molar-refractivity contribution in [2.75, 3.05) is 0 Å². The highest BCUT2D eigenvalue weighted by Crippen LogP contribution is 2.39. The van der Waals surface area contributed by atoms with Gasteiger partial charge < -0.3 is 4.57 Å². The molecule has 0 saturated heterocycles. The van der Waals surface area contributed by atoms with Gasteiger partial charge in [-0.15, -0.1) is 0 Å². The molecule has 0 radical (unpaired) electrons. The minimum atomic E-state index is 0.644. The fourth-order valence-electron chi connectivity index (χ4n) is 4.83. The summed E-state index contributed by atoms with van der Waals surface area (Å²) in [6.45, 7) is 2.13. The summed E-state index contributed by atoms with van der Waals surface area (Å²) in [5.74, 6) is 0. The predicted octanol–water partition coefficient (Wildman–Crippen LogP) is 7.69. The van der Waals surface area contributed by atoms with Gasteiger partial charge in [0.05, 0.1) is 28.4 Å². The van der Waals surface area contributed by atoms with Crippen molar-refractivity contribution < 1.29 is 0 Å². The normalized spacial score (nSPS) is 11.1. The molecule has 0 saturated carbocycles. The lowest BCUT2D eigenvalue weighted by molar-refractivity contribution is 1.18. The van der Waals surface area contributed by atoms with Crippen molar-refractivity contribution in [3.63, 3.8) is 0 Å². The van der Waals surface area contributed by atoms with Gasteiger partial charge in [0.1, 0.15) is 0 Å². The molecule has 0 fully saturated rings. The van der Waals surface area contributed by atoms with Gasteiger partial charge in [0, 0.05) is 34.3 Å². The number of benzene rings is 4. The van der Waals surface area contributed by atoms with Crippen LogP contribution in [0.4, 0.5) is 0 Å². The zero-order valence-electron chi connectivity index (χ0n) is 18.7. The van der Waals surface area contributed by atoms with Crippen LogP contribution in [-0.2, 0) is 0 Å². The van der Waals surface area contributed by atoms with Crippen LogP contribution in [0.15, 0.2) is 109 Å². The van der Waals surface area contributed by atoms with E-state index in [9.17, 15) is 5.26 Å². The molecule has 0 amide bonds. The third-order valence-corrected chi connectivity index (χ3v) is 6.40. The molecule has 0 aliphatic carbocycles. The summed E-state index contributed by atoms with van der Waals surface area (Å²) < 4.78 is 2.33. The highest BCUT2D eigenvalue weighted by atomic mass is 15.0. The Balaban J connectivity index is 1.78. The van der Waals surface area contributed by atoms with Crippen molar-refractivity contribution in [1.29, 1.82) is 5.26 Å². The number of pyridine rings is 1. The molecule has 3 heteroatoms. The van der Waals surface area contributed by atoms with Crippen LogP contribution in [0.1, 0.15) is 11.1 Å². The number of aromatic nitrogens is 2. The molecule has 6 aromatic rings. The first-order valence-electron chi connectivity index (χ1n) is 11.3. The van der Waals surface area contributed by atoms with E-state index in [4.69, 9.17) is 0 Å². The molecule has 2 heterocycles. The number of para-hydroxylation sites is 1. The lowest BCUT2D eigenvalue weighted by Gasteiger charge is -2.17. The van der Waals surface area contributed by atoms with Crippen LogP contribution >= 0.6 is 0 Å². The van der Waals surface area contributed by atoms with Gasteiger partial charge in [-0.25, -0.2) is 0 Å². The highest BCUT2D eigenvalue weighted by molar-refractivity contribution is 6.10. The van der Waals surface area contributed by atoms with E-state index in [1.54, 1.807) is 12.4 Å². The molecule has 0 bridgehead atoms. The Morgan fingerprint density at radius 3 is 2.18 bits per heavy atom. The average Bonchev–Trinajstić information content (AvgIpc) is 3.22. The van der Waals surface area contributed by atoms with Crippen LogP contribution in [0, 0.1) is 18.3 Å². The molecule has 0 spiro atoms. The van der Waals surface area contributed by atoms with Gasteiger partial charge in [0.25, 0.3) is 0 Å². The van der Waals surface area contributed by atoms with E-state index in [0.29, 0.717) is 5.56 Å². The van der Waals surface area contributed by atoms with Crippen LogP contribution in [0.3, 0.4) is 0 Å². The van der Waals surface area contributed by atoms with Crippen LogP contribution in [0.5, 0.6) is 0 Å². The smallest absolute Gasteiger partial charge is 0.0998 e. The number of rotatable bonds is 3. The lowest BCUT2D eigenvalue weighted by Crippen LogP contribution is -2.00. The molecular formula is C31H21N3. The summed E-state index contributed by atoms with van der Waals surface area (Å²) in [4.78, 5) is 4.17. The highest BCUT2D eigenvalue weighted by Gasteiger charge is 2.19. The van der Waals surface area contributed by atoms with Crippen LogP contribution in [-0.4, -0.2) is 9.55 Å². The second kappa shape index (κ2) is 8.03. The molecule has 0 unspecified atom stereocenters. The summed E-state index contributed by atoms with van der Waals surface area (Å²) in [7, 11) is 0. The Morgan fingerprint density at radius 2 is 1.38 bits per heavy atom. The molecule has 3 nitrogen and oxygen atoms in total. The second-order valence-corrected chi connectivity index (χ2v) is 8.50. The zero-order chi connectivity index (χ0) is 23.1. The Bertz CT molecular complexity index is 1710. The number of hydrogen-bond donors (Lipinski definition) is 0. The maximum Gasteiger partial charge on any atom is 0.0998 e. The summed E-state index contributed by atoms with van der Waals surface area (Å²) in [6, 6.07) is 36.0. The second-order valence-electron chi connectivity index (χ2n) is 8.50. The third-order valence-electron chi connectivity index (χ3n) is 6.40. The Morgan fingerprint density at radius 1 is 0.676 bits per heavy atom. The topological polar surface area (TPSA) is 41.6 Å². The van der Waals surface area contributed by atoms with Crippen LogP contribution in [0.25, 0.3) is 49.7 Å². The van der Waals surface area contributed by atoms with E-state index in [1.807, 2.05) is 36.4 Å².